The molecule has 0 fully saturated rings. The van der Waals surface area contributed by atoms with Crippen molar-refractivity contribution in [3.8, 4) is 0 Å². The van der Waals surface area contributed by atoms with Crippen LogP contribution < -0.4 is 5.32 Å². The number of halogens is 1. The predicted octanol–water partition coefficient (Wildman–Crippen LogP) is 3.93. The molecule has 1 N–H and O–H groups in total. The lowest BCUT2D eigenvalue weighted by atomic mass is 9.98. The van der Waals surface area contributed by atoms with Gasteiger partial charge in [-0.15, -0.1) is 0 Å². The highest BCUT2D eigenvalue weighted by Crippen LogP contribution is 2.23. The minimum Gasteiger partial charge on any atom is -0.314 e. The Morgan fingerprint density at radius 2 is 2.00 bits per heavy atom. The number of rotatable bonds is 8. The van der Waals surface area contributed by atoms with E-state index in [1.54, 1.807) is 0 Å². The molecule has 0 aliphatic heterocycles. The molecule has 0 amide bonds. The van der Waals surface area contributed by atoms with Gasteiger partial charge < -0.3 is 5.32 Å². The van der Waals surface area contributed by atoms with Crippen LogP contribution in [0.3, 0.4) is 0 Å². The number of hydrogen-bond donors (Lipinski definition) is 1. The van der Waals surface area contributed by atoms with Gasteiger partial charge in [-0.05, 0) is 61.5 Å². The summed E-state index contributed by atoms with van der Waals surface area (Å²) in [4.78, 5) is 0. The Bertz CT molecular complexity index is 385. The molecule has 0 aliphatic carbocycles. The predicted molar refractivity (Wildman–Crippen MR) is 85.6 cm³/mol. The average Bonchev–Trinajstić information content (AvgIpc) is 2.65. The molecule has 0 saturated carbocycles. The molecule has 0 aliphatic rings. The molecule has 1 unspecified atom stereocenters. The van der Waals surface area contributed by atoms with E-state index in [9.17, 15) is 0 Å². The van der Waals surface area contributed by atoms with Crippen molar-refractivity contribution in [3.63, 3.8) is 0 Å². The van der Waals surface area contributed by atoms with Gasteiger partial charge in [-0.2, -0.15) is 5.10 Å². The summed E-state index contributed by atoms with van der Waals surface area (Å²) in [5.74, 6) is 0.671. The van der Waals surface area contributed by atoms with E-state index in [0.29, 0.717) is 12.0 Å². The summed E-state index contributed by atoms with van der Waals surface area (Å²) in [5, 5.41) is 8.22. The molecule has 110 valence electrons. The Hall–Kier alpha value is -0.350. The van der Waals surface area contributed by atoms with Crippen LogP contribution in [0.5, 0.6) is 0 Å². The molecule has 0 radical (unpaired) electrons. The fourth-order valence-electron chi connectivity index (χ4n) is 2.40. The molecule has 0 bridgehead atoms. The molecule has 1 aromatic heterocycles. The van der Waals surface area contributed by atoms with Crippen molar-refractivity contribution in [2.75, 3.05) is 6.54 Å². The first kappa shape index (κ1) is 16.7. The number of hydrogen-bond acceptors (Lipinski definition) is 2. The van der Waals surface area contributed by atoms with Gasteiger partial charge in [0.2, 0.25) is 0 Å². The zero-order valence-electron chi connectivity index (χ0n) is 13.0. The molecule has 1 aromatic rings. The highest BCUT2D eigenvalue weighted by molar-refractivity contribution is 9.10. The van der Waals surface area contributed by atoms with Crippen LogP contribution in [-0.4, -0.2) is 22.4 Å². The largest absolute Gasteiger partial charge is 0.314 e. The first-order valence-electron chi connectivity index (χ1n) is 7.46. The van der Waals surface area contributed by atoms with E-state index in [-0.39, 0.29) is 0 Å². The molecule has 1 heterocycles. The Kier molecular flexibility index (Phi) is 7.08. The van der Waals surface area contributed by atoms with Gasteiger partial charge in [0.25, 0.3) is 0 Å². The van der Waals surface area contributed by atoms with Gasteiger partial charge in [0, 0.05) is 12.6 Å². The molecule has 4 heteroatoms. The van der Waals surface area contributed by atoms with Crippen molar-refractivity contribution in [1.29, 1.82) is 0 Å². The van der Waals surface area contributed by atoms with Crippen molar-refractivity contribution in [2.45, 2.75) is 66.5 Å². The molecule has 3 nitrogen and oxygen atoms in total. The van der Waals surface area contributed by atoms with E-state index in [4.69, 9.17) is 0 Å². The SMILES string of the molecule is CCCNC(CCc1c(Br)c(C)nn1CC)C(C)C. The summed E-state index contributed by atoms with van der Waals surface area (Å²) in [6.45, 7) is 13.1. The topological polar surface area (TPSA) is 29.9 Å². The summed E-state index contributed by atoms with van der Waals surface area (Å²) in [7, 11) is 0. The zero-order chi connectivity index (χ0) is 14.4. The maximum absolute atomic E-state index is 4.56. The third-order valence-electron chi connectivity index (χ3n) is 3.61. The van der Waals surface area contributed by atoms with Crippen LogP contribution in [0.15, 0.2) is 4.47 Å². The Balaban J connectivity index is 2.68. The van der Waals surface area contributed by atoms with Gasteiger partial charge in [0.05, 0.1) is 15.9 Å². The highest BCUT2D eigenvalue weighted by Gasteiger charge is 2.16. The summed E-state index contributed by atoms with van der Waals surface area (Å²) >= 11 is 3.68. The molecular weight excluding hydrogens is 302 g/mol. The van der Waals surface area contributed by atoms with Gasteiger partial charge in [0.1, 0.15) is 0 Å². The first-order valence-corrected chi connectivity index (χ1v) is 8.25. The molecule has 0 spiro atoms. The third kappa shape index (κ3) is 4.60. The Labute approximate surface area is 126 Å². The summed E-state index contributed by atoms with van der Waals surface area (Å²) in [5.41, 5.74) is 2.43. The normalized spacial score (nSPS) is 13.2. The van der Waals surface area contributed by atoms with Crippen molar-refractivity contribution < 1.29 is 0 Å². The quantitative estimate of drug-likeness (QED) is 0.783. The molecular formula is C15H28BrN3. The van der Waals surface area contributed by atoms with E-state index in [0.717, 1.165) is 25.2 Å². The van der Waals surface area contributed by atoms with E-state index in [1.165, 1.54) is 23.0 Å². The standard InChI is InChI=1S/C15H28BrN3/c1-6-10-17-13(11(3)4)8-9-14-15(16)12(5)18-19(14)7-2/h11,13,17H,6-10H2,1-5H3. The second-order valence-corrected chi connectivity index (χ2v) is 6.30. The minimum absolute atomic E-state index is 0.590. The number of aryl methyl sites for hydroxylation is 2. The summed E-state index contributed by atoms with van der Waals surface area (Å²) in [6.07, 6.45) is 3.44. The molecule has 1 atom stereocenters. The smallest absolute Gasteiger partial charge is 0.0738 e. The van der Waals surface area contributed by atoms with E-state index < -0.39 is 0 Å². The van der Waals surface area contributed by atoms with Crippen LogP contribution in [0, 0.1) is 12.8 Å². The maximum Gasteiger partial charge on any atom is 0.0738 e. The lowest BCUT2D eigenvalue weighted by Crippen LogP contribution is -2.35. The zero-order valence-corrected chi connectivity index (χ0v) is 14.5. The number of nitrogens with one attached hydrogen (secondary N) is 1. The van der Waals surface area contributed by atoms with Crippen LogP contribution in [0.1, 0.15) is 51.9 Å². The van der Waals surface area contributed by atoms with Crippen LogP contribution in [-0.2, 0) is 13.0 Å². The lowest BCUT2D eigenvalue weighted by Gasteiger charge is -2.22. The Morgan fingerprint density at radius 1 is 1.32 bits per heavy atom. The fraction of sp³-hybridized carbons (Fsp3) is 0.800. The average molecular weight is 330 g/mol. The molecule has 0 saturated heterocycles. The van der Waals surface area contributed by atoms with Crippen molar-refractivity contribution in [1.82, 2.24) is 15.1 Å². The lowest BCUT2D eigenvalue weighted by molar-refractivity contribution is 0.374. The van der Waals surface area contributed by atoms with E-state index in [1.807, 2.05) is 0 Å². The van der Waals surface area contributed by atoms with Gasteiger partial charge in [0.15, 0.2) is 0 Å². The third-order valence-corrected chi connectivity index (χ3v) is 4.64. The van der Waals surface area contributed by atoms with Crippen LogP contribution in [0.4, 0.5) is 0 Å². The van der Waals surface area contributed by atoms with E-state index >= 15 is 0 Å². The van der Waals surface area contributed by atoms with E-state index in [2.05, 4.69) is 65.6 Å². The van der Waals surface area contributed by atoms with Crippen molar-refractivity contribution in [2.24, 2.45) is 5.92 Å². The second kappa shape index (κ2) is 8.05. The highest BCUT2D eigenvalue weighted by atomic mass is 79.9. The van der Waals surface area contributed by atoms with Crippen LogP contribution >= 0.6 is 15.9 Å². The monoisotopic (exact) mass is 329 g/mol. The molecule has 1 rings (SSSR count). The second-order valence-electron chi connectivity index (χ2n) is 5.51. The Morgan fingerprint density at radius 3 is 2.53 bits per heavy atom. The van der Waals surface area contributed by atoms with Gasteiger partial charge in [-0.1, -0.05) is 20.8 Å². The summed E-state index contributed by atoms with van der Waals surface area (Å²) < 4.78 is 3.31. The van der Waals surface area contributed by atoms with Crippen molar-refractivity contribution in [3.05, 3.63) is 15.9 Å². The molecule has 19 heavy (non-hydrogen) atoms. The maximum atomic E-state index is 4.56. The van der Waals surface area contributed by atoms with Crippen LogP contribution in [0.2, 0.25) is 0 Å². The fourth-order valence-corrected chi connectivity index (χ4v) is 2.88. The minimum atomic E-state index is 0.590. The van der Waals surface area contributed by atoms with Gasteiger partial charge in [-0.25, -0.2) is 0 Å². The van der Waals surface area contributed by atoms with Gasteiger partial charge in [-0.3, -0.25) is 4.68 Å². The number of nitrogens with zero attached hydrogens (tertiary/aromatic N) is 2. The van der Waals surface area contributed by atoms with Crippen molar-refractivity contribution >= 4 is 15.9 Å². The number of aromatic nitrogens is 2. The van der Waals surface area contributed by atoms with Crippen LogP contribution in [0.25, 0.3) is 0 Å². The first-order chi connectivity index (χ1) is 9.01. The molecule has 0 aromatic carbocycles. The summed E-state index contributed by atoms with van der Waals surface area (Å²) in [6, 6.07) is 0.590. The van der Waals surface area contributed by atoms with Gasteiger partial charge >= 0.3 is 0 Å².